The third-order valence-corrected chi connectivity index (χ3v) is 9.10. The van der Waals surface area contributed by atoms with Gasteiger partial charge in [0.05, 0.1) is 22.2 Å². The highest BCUT2D eigenvalue weighted by molar-refractivity contribution is 6.33. The molecule has 2 aromatic carbocycles. The van der Waals surface area contributed by atoms with Gasteiger partial charge >= 0.3 is 0 Å². The first-order valence-electron chi connectivity index (χ1n) is 13.7. The second-order valence-corrected chi connectivity index (χ2v) is 11.5. The van der Waals surface area contributed by atoms with Gasteiger partial charge < -0.3 is 15.1 Å². The van der Waals surface area contributed by atoms with E-state index >= 15 is 4.39 Å². The second kappa shape index (κ2) is 10.6. The molecule has 0 bridgehead atoms. The lowest BCUT2D eigenvalue weighted by Gasteiger charge is -2.40. The zero-order chi connectivity index (χ0) is 27.0. The molecule has 1 atom stereocenters. The third-order valence-electron chi connectivity index (χ3n) is 8.77. The van der Waals surface area contributed by atoms with Gasteiger partial charge in [0.15, 0.2) is 0 Å². The van der Waals surface area contributed by atoms with Crippen LogP contribution in [0.15, 0.2) is 60.9 Å². The van der Waals surface area contributed by atoms with E-state index in [1.54, 1.807) is 30.3 Å². The van der Waals surface area contributed by atoms with Crippen molar-refractivity contribution < 1.29 is 14.0 Å². The Balaban J connectivity index is 1.17. The fourth-order valence-corrected chi connectivity index (χ4v) is 6.72. The van der Waals surface area contributed by atoms with Gasteiger partial charge in [-0.25, -0.2) is 4.39 Å². The van der Waals surface area contributed by atoms with E-state index in [-0.39, 0.29) is 28.8 Å². The van der Waals surface area contributed by atoms with E-state index in [0.717, 1.165) is 62.7 Å². The van der Waals surface area contributed by atoms with Crippen LogP contribution < -0.4 is 10.2 Å². The highest BCUT2D eigenvalue weighted by Gasteiger charge is 2.42. The lowest BCUT2D eigenvalue weighted by atomic mass is 9.77. The number of hydrogen-bond acceptors (Lipinski definition) is 4. The van der Waals surface area contributed by atoms with Crippen LogP contribution in [0.5, 0.6) is 0 Å². The molecule has 1 spiro atoms. The van der Waals surface area contributed by atoms with Gasteiger partial charge in [-0.2, -0.15) is 0 Å². The summed E-state index contributed by atoms with van der Waals surface area (Å²) in [6.07, 6.45) is 8.85. The van der Waals surface area contributed by atoms with Crippen molar-refractivity contribution in [3.63, 3.8) is 0 Å². The number of likely N-dealkylation sites (tertiary alicyclic amines) is 1. The van der Waals surface area contributed by atoms with Gasteiger partial charge in [-0.3, -0.25) is 14.6 Å². The molecule has 3 heterocycles. The van der Waals surface area contributed by atoms with E-state index < -0.39 is 5.82 Å². The summed E-state index contributed by atoms with van der Waals surface area (Å²) in [6, 6.07) is 13.9. The van der Waals surface area contributed by atoms with Crippen LogP contribution in [-0.2, 0) is 6.42 Å². The van der Waals surface area contributed by atoms with Crippen LogP contribution in [0.3, 0.4) is 0 Å². The second-order valence-electron chi connectivity index (χ2n) is 11.1. The molecular formula is C31H32ClFN4O2. The molecule has 2 saturated heterocycles. The molecule has 3 aromatic rings. The van der Waals surface area contributed by atoms with Crippen molar-refractivity contribution in [2.75, 3.05) is 31.1 Å². The summed E-state index contributed by atoms with van der Waals surface area (Å²) in [7, 11) is 0. The van der Waals surface area contributed by atoms with Crippen LogP contribution in [-0.4, -0.2) is 47.9 Å². The summed E-state index contributed by atoms with van der Waals surface area (Å²) in [5.41, 5.74) is 3.43. The summed E-state index contributed by atoms with van der Waals surface area (Å²) in [4.78, 5) is 34.9. The SMILES string of the molecule is O=C(N[C@@H]1CCCc2cc(F)c(C(=O)N3CCC4(CCN(c5ccncc5)CC4)C3)cc21)c1ccccc1Cl. The zero-order valence-corrected chi connectivity index (χ0v) is 22.6. The number of fused-ring (bicyclic) bond motifs is 1. The number of nitrogens with zero attached hydrogens (tertiary/aromatic N) is 3. The Hall–Kier alpha value is -3.45. The summed E-state index contributed by atoms with van der Waals surface area (Å²) in [5.74, 6) is -1.01. The number of benzene rings is 2. The van der Waals surface area contributed by atoms with Crippen molar-refractivity contribution >= 4 is 29.1 Å². The van der Waals surface area contributed by atoms with Gasteiger partial charge in [0.2, 0.25) is 0 Å². The standard InChI is InChI=1S/C31H32ClFN4O2/c32-26-6-2-1-5-23(26)29(38)35-28-7-3-4-21-18-27(33)25(19-24(21)28)30(39)37-17-12-31(20-37)10-15-36(16-11-31)22-8-13-34-14-9-22/h1-2,5-6,8-9,13-14,18-19,28H,3-4,7,10-12,15-17,20H2,(H,35,38)/t28-/m1/s1. The molecule has 2 aliphatic heterocycles. The molecule has 1 N–H and O–H groups in total. The summed E-state index contributed by atoms with van der Waals surface area (Å²) >= 11 is 6.23. The molecule has 0 saturated carbocycles. The van der Waals surface area contributed by atoms with Crippen LogP contribution in [0.1, 0.15) is 70.0 Å². The van der Waals surface area contributed by atoms with Gasteiger partial charge in [-0.1, -0.05) is 23.7 Å². The predicted octanol–water partition coefficient (Wildman–Crippen LogP) is 5.81. The minimum atomic E-state index is -0.481. The topological polar surface area (TPSA) is 65.5 Å². The first-order valence-corrected chi connectivity index (χ1v) is 14.1. The molecule has 6 nitrogen and oxygen atoms in total. The van der Waals surface area contributed by atoms with Crippen LogP contribution in [0.4, 0.5) is 10.1 Å². The van der Waals surface area contributed by atoms with E-state index in [2.05, 4.69) is 15.2 Å². The molecule has 202 valence electrons. The van der Waals surface area contributed by atoms with Crippen molar-refractivity contribution in [2.45, 2.75) is 44.6 Å². The van der Waals surface area contributed by atoms with E-state index in [0.29, 0.717) is 23.7 Å². The Morgan fingerprint density at radius 1 is 1.00 bits per heavy atom. The minimum Gasteiger partial charge on any atom is -0.371 e. The van der Waals surface area contributed by atoms with E-state index in [1.807, 2.05) is 29.4 Å². The number of aromatic nitrogens is 1. The lowest BCUT2D eigenvalue weighted by molar-refractivity contribution is 0.0759. The Bertz CT molecular complexity index is 1390. The maximum atomic E-state index is 15.3. The Kier molecular flexibility index (Phi) is 7.02. The molecule has 0 unspecified atom stereocenters. The van der Waals surface area contributed by atoms with Crippen molar-refractivity contribution in [2.24, 2.45) is 5.41 Å². The van der Waals surface area contributed by atoms with E-state index in [9.17, 15) is 9.59 Å². The largest absolute Gasteiger partial charge is 0.371 e. The fraction of sp³-hybridized carbons (Fsp3) is 0.387. The van der Waals surface area contributed by atoms with Crippen molar-refractivity contribution in [1.29, 1.82) is 0 Å². The normalized spacial score (nSPS) is 20.1. The summed E-state index contributed by atoms with van der Waals surface area (Å²) < 4.78 is 15.3. The van der Waals surface area contributed by atoms with Crippen LogP contribution in [0, 0.1) is 11.2 Å². The van der Waals surface area contributed by atoms with Crippen molar-refractivity contribution in [1.82, 2.24) is 15.2 Å². The number of aryl methyl sites for hydroxylation is 1. The maximum Gasteiger partial charge on any atom is 0.256 e. The van der Waals surface area contributed by atoms with Gasteiger partial charge in [-0.15, -0.1) is 0 Å². The van der Waals surface area contributed by atoms with Crippen LogP contribution >= 0.6 is 11.6 Å². The number of anilines is 1. The molecule has 1 aliphatic carbocycles. The first kappa shape index (κ1) is 25.8. The molecule has 2 amide bonds. The molecule has 8 heteroatoms. The number of amides is 2. The smallest absolute Gasteiger partial charge is 0.256 e. The van der Waals surface area contributed by atoms with Gasteiger partial charge in [0.25, 0.3) is 11.8 Å². The van der Waals surface area contributed by atoms with Crippen LogP contribution in [0.25, 0.3) is 0 Å². The first-order chi connectivity index (χ1) is 18.9. The number of hydrogen-bond donors (Lipinski definition) is 1. The summed E-state index contributed by atoms with van der Waals surface area (Å²) in [6.45, 7) is 3.16. The molecule has 39 heavy (non-hydrogen) atoms. The number of pyridine rings is 1. The fourth-order valence-electron chi connectivity index (χ4n) is 6.50. The predicted molar refractivity (Wildman–Crippen MR) is 150 cm³/mol. The monoisotopic (exact) mass is 546 g/mol. The molecule has 0 radical (unpaired) electrons. The van der Waals surface area contributed by atoms with E-state index in [1.165, 1.54) is 11.8 Å². The Morgan fingerprint density at radius 3 is 2.51 bits per heavy atom. The molecule has 2 fully saturated rings. The quantitative estimate of drug-likeness (QED) is 0.448. The molecular weight excluding hydrogens is 515 g/mol. The van der Waals surface area contributed by atoms with Gasteiger partial charge in [-0.05, 0) is 91.5 Å². The highest BCUT2D eigenvalue weighted by Crippen LogP contribution is 2.42. The van der Waals surface area contributed by atoms with E-state index in [4.69, 9.17) is 11.6 Å². The number of halogens is 2. The van der Waals surface area contributed by atoms with Crippen molar-refractivity contribution in [3.05, 3.63) is 94.0 Å². The molecule has 3 aliphatic rings. The summed E-state index contributed by atoms with van der Waals surface area (Å²) in [5, 5.41) is 3.46. The number of carbonyl (C=O) groups is 2. The number of carbonyl (C=O) groups excluding carboxylic acids is 2. The Morgan fingerprint density at radius 2 is 1.74 bits per heavy atom. The highest BCUT2D eigenvalue weighted by atomic mass is 35.5. The van der Waals surface area contributed by atoms with Crippen molar-refractivity contribution in [3.8, 4) is 0 Å². The molecule has 1 aromatic heterocycles. The third kappa shape index (κ3) is 5.12. The zero-order valence-electron chi connectivity index (χ0n) is 21.8. The molecule has 6 rings (SSSR count). The number of rotatable bonds is 4. The number of piperidine rings is 1. The number of nitrogens with one attached hydrogen (secondary N) is 1. The van der Waals surface area contributed by atoms with Gasteiger partial charge in [0.1, 0.15) is 5.82 Å². The average Bonchev–Trinajstić information content (AvgIpc) is 3.37. The van der Waals surface area contributed by atoms with Crippen LogP contribution in [0.2, 0.25) is 5.02 Å². The Labute approximate surface area is 233 Å². The maximum absolute atomic E-state index is 15.3. The lowest BCUT2D eigenvalue weighted by Crippen LogP contribution is -2.42. The van der Waals surface area contributed by atoms with Gasteiger partial charge in [0, 0.05) is 44.3 Å². The average molecular weight is 547 g/mol. The minimum absolute atomic E-state index is 0.0787.